The van der Waals surface area contributed by atoms with E-state index < -0.39 is 5.60 Å². The number of hydrogen-bond acceptors (Lipinski definition) is 4. The zero-order valence-electron chi connectivity index (χ0n) is 12.3. The Hall–Kier alpha value is -1.72. The Morgan fingerprint density at radius 1 is 1.20 bits per heavy atom. The van der Waals surface area contributed by atoms with Crippen molar-refractivity contribution in [3.8, 4) is 0 Å². The molecule has 1 aliphatic rings. The molecular weight excluding hydrogens is 256 g/mol. The van der Waals surface area contributed by atoms with E-state index in [9.17, 15) is 14.7 Å². The van der Waals surface area contributed by atoms with Crippen molar-refractivity contribution in [1.29, 1.82) is 0 Å². The van der Waals surface area contributed by atoms with Crippen molar-refractivity contribution in [2.24, 2.45) is 0 Å². The van der Waals surface area contributed by atoms with Crippen molar-refractivity contribution in [2.45, 2.75) is 19.4 Å². The third-order valence-corrected chi connectivity index (χ3v) is 3.28. The van der Waals surface area contributed by atoms with E-state index in [4.69, 9.17) is 0 Å². The van der Waals surface area contributed by atoms with Crippen LogP contribution in [0.25, 0.3) is 0 Å². The number of aliphatic hydroxyl groups is 1. The van der Waals surface area contributed by atoms with Crippen molar-refractivity contribution >= 4 is 11.8 Å². The summed E-state index contributed by atoms with van der Waals surface area (Å²) in [5.41, 5.74) is 0.648. The van der Waals surface area contributed by atoms with Gasteiger partial charge in [-0.05, 0) is 40.1 Å². The molecule has 2 amide bonds. The van der Waals surface area contributed by atoms with Crippen LogP contribution in [0.4, 0.5) is 0 Å². The number of fused-ring (bicyclic) bond motifs is 1. The Morgan fingerprint density at radius 3 is 2.40 bits per heavy atom. The van der Waals surface area contributed by atoms with Crippen LogP contribution in [-0.2, 0) is 0 Å². The first-order valence-corrected chi connectivity index (χ1v) is 6.55. The van der Waals surface area contributed by atoms with Crippen molar-refractivity contribution < 1.29 is 14.7 Å². The van der Waals surface area contributed by atoms with Crippen molar-refractivity contribution in [3.05, 3.63) is 34.9 Å². The van der Waals surface area contributed by atoms with Crippen LogP contribution in [0.3, 0.4) is 0 Å². The zero-order valence-corrected chi connectivity index (χ0v) is 12.3. The van der Waals surface area contributed by atoms with Gasteiger partial charge in [-0.3, -0.25) is 14.5 Å². The fraction of sp³-hybridized carbons (Fsp3) is 0.467. The van der Waals surface area contributed by atoms with Gasteiger partial charge in [-0.15, -0.1) is 0 Å². The first kappa shape index (κ1) is 14.7. The standard InChI is InChI=1S/C15H20N2O3/c1-10-5-6-11-12(7-10)14(19)17(13(11)18)9-15(2,20)8-16(3)4/h5-7,20H,8-9H2,1-4H3. The molecule has 1 aromatic carbocycles. The molecule has 0 fully saturated rings. The highest BCUT2D eigenvalue weighted by Gasteiger charge is 2.39. The lowest BCUT2D eigenvalue weighted by Gasteiger charge is -2.30. The molecule has 5 heteroatoms. The Morgan fingerprint density at radius 2 is 1.80 bits per heavy atom. The Labute approximate surface area is 118 Å². The first-order chi connectivity index (χ1) is 9.21. The zero-order chi connectivity index (χ0) is 15.1. The summed E-state index contributed by atoms with van der Waals surface area (Å²) >= 11 is 0. The maximum Gasteiger partial charge on any atom is 0.261 e. The molecule has 1 N–H and O–H groups in total. The second kappa shape index (κ2) is 5.00. The largest absolute Gasteiger partial charge is 0.387 e. The number of imide groups is 1. The van der Waals surface area contributed by atoms with Crippen LogP contribution < -0.4 is 0 Å². The van der Waals surface area contributed by atoms with E-state index in [0.29, 0.717) is 17.7 Å². The van der Waals surface area contributed by atoms with Crippen molar-refractivity contribution in [1.82, 2.24) is 9.80 Å². The van der Waals surface area contributed by atoms with Gasteiger partial charge in [-0.25, -0.2) is 0 Å². The van der Waals surface area contributed by atoms with E-state index in [2.05, 4.69) is 0 Å². The number of nitrogens with zero attached hydrogens (tertiary/aromatic N) is 2. The topological polar surface area (TPSA) is 60.9 Å². The fourth-order valence-corrected chi connectivity index (χ4v) is 2.62. The number of carbonyl (C=O) groups excluding carboxylic acids is 2. The second-order valence-corrected chi connectivity index (χ2v) is 5.98. The van der Waals surface area contributed by atoms with Crippen LogP contribution in [0.2, 0.25) is 0 Å². The first-order valence-electron chi connectivity index (χ1n) is 6.55. The average Bonchev–Trinajstić information content (AvgIpc) is 2.52. The number of benzene rings is 1. The lowest BCUT2D eigenvalue weighted by Crippen LogP contribution is -2.49. The molecule has 0 aliphatic carbocycles. The SMILES string of the molecule is Cc1ccc2c(c1)C(=O)N(CC(C)(O)CN(C)C)C2=O. The number of amides is 2. The molecule has 0 saturated heterocycles. The minimum atomic E-state index is -1.13. The smallest absolute Gasteiger partial charge is 0.261 e. The molecule has 0 radical (unpaired) electrons. The van der Waals surface area contributed by atoms with Gasteiger partial charge < -0.3 is 10.0 Å². The van der Waals surface area contributed by atoms with Gasteiger partial charge in [0.25, 0.3) is 11.8 Å². The summed E-state index contributed by atoms with van der Waals surface area (Å²) in [6.45, 7) is 3.88. The highest BCUT2D eigenvalue weighted by Crippen LogP contribution is 2.25. The Bertz CT molecular complexity index is 564. The number of rotatable bonds is 4. The van der Waals surface area contributed by atoms with Gasteiger partial charge in [0.1, 0.15) is 0 Å². The van der Waals surface area contributed by atoms with E-state index in [0.717, 1.165) is 10.5 Å². The lowest BCUT2D eigenvalue weighted by molar-refractivity contribution is 0.00474. The molecule has 108 valence electrons. The van der Waals surface area contributed by atoms with Crippen LogP contribution in [0, 0.1) is 6.92 Å². The van der Waals surface area contributed by atoms with E-state index in [-0.39, 0.29) is 18.4 Å². The molecule has 0 aromatic heterocycles. The molecule has 1 aromatic rings. The summed E-state index contributed by atoms with van der Waals surface area (Å²) in [6, 6.07) is 5.20. The molecule has 5 nitrogen and oxygen atoms in total. The summed E-state index contributed by atoms with van der Waals surface area (Å²) in [6.07, 6.45) is 0. The Kier molecular flexibility index (Phi) is 3.67. The number of carbonyl (C=O) groups is 2. The van der Waals surface area contributed by atoms with Gasteiger partial charge in [0.05, 0.1) is 23.3 Å². The van der Waals surface area contributed by atoms with Gasteiger partial charge in [0, 0.05) is 6.54 Å². The van der Waals surface area contributed by atoms with Crippen LogP contribution in [0.5, 0.6) is 0 Å². The van der Waals surface area contributed by atoms with Gasteiger partial charge in [0.2, 0.25) is 0 Å². The number of hydrogen-bond donors (Lipinski definition) is 1. The predicted octanol–water partition coefficient (Wildman–Crippen LogP) is 0.904. The predicted molar refractivity (Wildman–Crippen MR) is 75.7 cm³/mol. The third kappa shape index (κ3) is 2.73. The molecule has 1 heterocycles. The van der Waals surface area contributed by atoms with Crippen molar-refractivity contribution in [3.63, 3.8) is 0 Å². The molecule has 1 atom stereocenters. The monoisotopic (exact) mass is 276 g/mol. The van der Waals surface area contributed by atoms with Crippen LogP contribution in [0.1, 0.15) is 33.2 Å². The summed E-state index contributed by atoms with van der Waals surface area (Å²) in [4.78, 5) is 27.5. The average molecular weight is 276 g/mol. The van der Waals surface area contributed by atoms with Gasteiger partial charge in [-0.2, -0.15) is 0 Å². The van der Waals surface area contributed by atoms with Crippen LogP contribution >= 0.6 is 0 Å². The molecule has 2 rings (SSSR count). The molecule has 0 saturated carbocycles. The van der Waals surface area contributed by atoms with Crippen LogP contribution in [0.15, 0.2) is 18.2 Å². The minimum Gasteiger partial charge on any atom is -0.387 e. The summed E-state index contributed by atoms with van der Waals surface area (Å²) in [5.74, 6) is -0.656. The minimum absolute atomic E-state index is 0.00340. The molecule has 0 bridgehead atoms. The number of β-amino-alcohol motifs (C(OH)–C–C–N with tert-alkyl or cyclic N) is 1. The molecule has 20 heavy (non-hydrogen) atoms. The van der Waals surface area contributed by atoms with E-state index in [1.54, 1.807) is 19.1 Å². The van der Waals surface area contributed by atoms with Gasteiger partial charge in [-0.1, -0.05) is 11.6 Å². The number of likely N-dealkylation sites (N-methyl/N-ethyl adjacent to an activating group) is 1. The lowest BCUT2D eigenvalue weighted by atomic mass is 10.1. The highest BCUT2D eigenvalue weighted by molar-refractivity contribution is 6.21. The van der Waals surface area contributed by atoms with E-state index >= 15 is 0 Å². The van der Waals surface area contributed by atoms with Gasteiger partial charge >= 0.3 is 0 Å². The van der Waals surface area contributed by atoms with Gasteiger partial charge in [0.15, 0.2) is 0 Å². The summed E-state index contributed by atoms with van der Waals surface area (Å²) < 4.78 is 0. The maximum absolute atomic E-state index is 12.3. The summed E-state index contributed by atoms with van der Waals surface area (Å²) in [5, 5.41) is 10.3. The molecule has 1 unspecified atom stereocenters. The fourth-order valence-electron chi connectivity index (χ4n) is 2.62. The third-order valence-electron chi connectivity index (χ3n) is 3.28. The van der Waals surface area contributed by atoms with E-state index in [1.165, 1.54) is 0 Å². The number of aryl methyl sites for hydroxylation is 1. The molecule has 1 aliphatic heterocycles. The van der Waals surface area contributed by atoms with Crippen LogP contribution in [-0.4, -0.2) is 59.5 Å². The normalized spacial score (nSPS) is 17.6. The highest BCUT2D eigenvalue weighted by atomic mass is 16.3. The van der Waals surface area contributed by atoms with Crippen molar-refractivity contribution in [2.75, 3.05) is 27.2 Å². The second-order valence-electron chi connectivity index (χ2n) is 5.98. The van der Waals surface area contributed by atoms with E-state index in [1.807, 2.05) is 32.0 Å². The Balaban J connectivity index is 2.25. The maximum atomic E-state index is 12.3. The molecular formula is C15H20N2O3. The summed E-state index contributed by atoms with van der Waals surface area (Å²) in [7, 11) is 3.67. The molecule has 0 spiro atoms. The quantitative estimate of drug-likeness (QED) is 0.830.